The molecule has 1 aromatic heterocycles. The molecular formula is C17H23N5OS. The van der Waals surface area contributed by atoms with Crippen molar-refractivity contribution in [2.45, 2.75) is 31.5 Å². The van der Waals surface area contributed by atoms with Gasteiger partial charge in [0.2, 0.25) is 5.91 Å². The highest BCUT2D eigenvalue weighted by molar-refractivity contribution is 7.99. The Bertz CT molecular complexity index is 658. The molecule has 0 aliphatic rings. The SMILES string of the molecule is CC(C)C[C@@H](NC(=O)CSc1nc(N)cc(N)n1)c1ccccc1. The average molecular weight is 345 g/mol. The lowest BCUT2D eigenvalue weighted by molar-refractivity contribution is -0.119. The number of aromatic nitrogens is 2. The third kappa shape index (κ3) is 5.73. The van der Waals surface area contributed by atoms with Gasteiger partial charge in [0.25, 0.3) is 0 Å². The molecule has 1 atom stereocenters. The largest absolute Gasteiger partial charge is 0.383 e. The zero-order valence-corrected chi connectivity index (χ0v) is 14.7. The molecule has 0 saturated heterocycles. The molecular weight excluding hydrogens is 322 g/mol. The molecule has 0 spiro atoms. The first kappa shape index (κ1) is 18.1. The molecule has 5 N–H and O–H groups in total. The third-order valence-electron chi connectivity index (χ3n) is 3.32. The molecule has 7 heteroatoms. The van der Waals surface area contributed by atoms with Crippen LogP contribution in [0.2, 0.25) is 0 Å². The Labute approximate surface area is 146 Å². The molecule has 0 aliphatic heterocycles. The first-order valence-corrected chi connectivity index (χ1v) is 8.79. The van der Waals surface area contributed by atoms with Crippen molar-refractivity contribution in [2.75, 3.05) is 17.2 Å². The number of hydrogen-bond acceptors (Lipinski definition) is 6. The zero-order chi connectivity index (χ0) is 17.5. The predicted molar refractivity (Wildman–Crippen MR) is 98.4 cm³/mol. The Morgan fingerprint density at radius 3 is 2.38 bits per heavy atom. The number of benzene rings is 1. The third-order valence-corrected chi connectivity index (χ3v) is 4.17. The van der Waals surface area contributed by atoms with Crippen molar-refractivity contribution in [2.24, 2.45) is 5.92 Å². The maximum Gasteiger partial charge on any atom is 0.230 e. The molecule has 2 rings (SSSR count). The van der Waals surface area contributed by atoms with Crippen LogP contribution in [-0.4, -0.2) is 21.6 Å². The van der Waals surface area contributed by atoms with E-state index in [2.05, 4.69) is 29.1 Å². The van der Waals surface area contributed by atoms with Gasteiger partial charge in [-0.25, -0.2) is 9.97 Å². The summed E-state index contributed by atoms with van der Waals surface area (Å²) in [5.74, 6) is 1.21. The van der Waals surface area contributed by atoms with E-state index in [-0.39, 0.29) is 17.7 Å². The van der Waals surface area contributed by atoms with Crippen LogP contribution in [0, 0.1) is 5.92 Å². The minimum absolute atomic E-state index is 0.00821. The molecule has 1 aromatic carbocycles. The number of rotatable bonds is 7. The maximum atomic E-state index is 12.3. The van der Waals surface area contributed by atoms with Crippen LogP contribution in [0.15, 0.2) is 41.6 Å². The second kappa shape index (κ2) is 8.54. The fraction of sp³-hybridized carbons (Fsp3) is 0.353. The number of anilines is 2. The van der Waals surface area contributed by atoms with Crippen LogP contribution in [0.4, 0.5) is 11.6 Å². The summed E-state index contributed by atoms with van der Waals surface area (Å²) in [6, 6.07) is 11.5. The quantitative estimate of drug-likeness (QED) is 0.526. The fourth-order valence-electron chi connectivity index (χ4n) is 2.33. The molecule has 6 nitrogen and oxygen atoms in total. The summed E-state index contributed by atoms with van der Waals surface area (Å²) in [7, 11) is 0. The molecule has 0 radical (unpaired) electrons. The van der Waals surface area contributed by atoms with Crippen molar-refractivity contribution in [3.8, 4) is 0 Å². The van der Waals surface area contributed by atoms with Gasteiger partial charge in [0, 0.05) is 6.07 Å². The van der Waals surface area contributed by atoms with Crippen molar-refractivity contribution in [3.63, 3.8) is 0 Å². The smallest absolute Gasteiger partial charge is 0.230 e. The van der Waals surface area contributed by atoms with E-state index in [4.69, 9.17) is 11.5 Å². The number of carbonyl (C=O) groups is 1. The van der Waals surface area contributed by atoms with Gasteiger partial charge in [0.05, 0.1) is 11.8 Å². The Hall–Kier alpha value is -2.28. The van der Waals surface area contributed by atoms with Gasteiger partial charge in [-0.2, -0.15) is 0 Å². The molecule has 0 bridgehead atoms. The first-order chi connectivity index (χ1) is 11.4. The van der Waals surface area contributed by atoms with E-state index < -0.39 is 0 Å². The van der Waals surface area contributed by atoms with Crippen molar-refractivity contribution in [1.29, 1.82) is 0 Å². The van der Waals surface area contributed by atoms with Gasteiger partial charge < -0.3 is 16.8 Å². The molecule has 1 amide bonds. The highest BCUT2D eigenvalue weighted by atomic mass is 32.2. The Balaban J connectivity index is 1.97. The Morgan fingerprint density at radius 1 is 1.17 bits per heavy atom. The molecule has 0 saturated carbocycles. The highest BCUT2D eigenvalue weighted by Gasteiger charge is 2.16. The van der Waals surface area contributed by atoms with Crippen LogP contribution in [0.1, 0.15) is 31.9 Å². The van der Waals surface area contributed by atoms with E-state index in [0.29, 0.717) is 22.7 Å². The van der Waals surface area contributed by atoms with Gasteiger partial charge >= 0.3 is 0 Å². The number of nitrogens with two attached hydrogens (primary N) is 2. The van der Waals surface area contributed by atoms with Crippen molar-refractivity contribution < 1.29 is 4.79 Å². The molecule has 128 valence electrons. The fourth-order valence-corrected chi connectivity index (χ4v) is 3.01. The number of nitrogens with zero attached hydrogens (tertiary/aromatic N) is 2. The lowest BCUT2D eigenvalue weighted by Gasteiger charge is -2.21. The highest BCUT2D eigenvalue weighted by Crippen LogP contribution is 2.22. The monoisotopic (exact) mass is 345 g/mol. The van der Waals surface area contributed by atoms with E-state index in [9.17, 15) is 4.79 Å². The maximum absolute atomic E-state index is 12.3. The van der Waals surface area contributed by atoms with E-state index in [1.165, 1.54) is 17.8 Å². The number of nitrogens with one attached hydrogen (secondary N) is 1. The van der Waals surface area contributed by atoms with Gasteiger partial charge in [-0.05, 0) is 17.9 Å². The van der Waals surface area contributed by atoms with Crippen LogP contribution >= 0.6 is 11.8 Å². The summed E-state index contributed by atoms with van der Waals surface area (Å²) in [4.78, 5) is 20.4. The minimum atomic E-state index is -0.0703. The number of thioether (sulfide) groups is 1. The average Bonchev–Trinajstić information content (AvgIpc) is 2.52. The lowest BCUT2D eigenvalue weighted by atomic mass is 9.97. The summed E-state index contributed by atoms with van der Waals surface area (Å²) < 4.78 is 0. The molecule has 2 aromatic rings. The number of nitrogen functional groups attached to an aromatic ring is 2. The molecule has 0 unspecified atom stereocenters. The second-order valence-corrected chi connectivity index (χ2v) is 6.89. The minimum Gasteiger partial charge on any atom is -0.383 e. The number of carbonyl (C=O) groups excluding carboxylic acids is 1. The van der Waals surface area contributed by atoms with Gasteiger partial charge in [-0.15, -0.1) is 0 Å². The van der Waals surface area contributed by atoms with Crippen molar-refractivity contribution >= 4 is 29.3 Å². The second-order valence-electron chi connectivity index (χ2n) is 5.95. The van der Waals surface area contributed by atoms with Gasteiger partial charge in [-0.1, -0.05) is 55.9 Å². The van der Waals surface area contributed by atoms with Gasteiger partial charge in [0.1, 0.15) is 11.6 Å². The van der Waals surface area contributed by atoms with Crippen LogP contribution < -0.4 is 16.8 Å². The summed E-state index contributed by atoms with van der Waals surface area (Å²) in [6.07, 6.45) is 0.877. The molecule has 0 fully saturated rings. The van der Waals surface area contributed by atoms with Gasteiger partial charge in [-0.3, -0.25) is 4.79 Å². The van der Waals surface area contributed by atoms with Gasteiger partial charge in [0.15, 0.2) is 5.16 Å². The van der Waals surface area contributed by atoms with Crippen LogP contribution in [-0.2, 0) is 4.79 Å². The van der Waals surface area contributed by atoms with Crippen LogP contribution in [0.3, 0.4) is 0 Å². The summed E-state index contributed by atoms with van der Waals surface area (Å²) in [5.41, 5.74) is 12.4. The van der Waals surface area contributed by atoms with Crippen molar-refractivity contribution in [1.82, 2.24) is 15.3 Å². The van der Waals surface area contributed by atoms with E-state index in [1.54, 1.807) is 0 Å². The lowest BCUT2D eigenvalue weighted by Crippen LogP contribution is -2.31. The summed E-state index contributed by atoms with van der Waals surface area (Å²) in [6.45, 7) is 4.28. The van der Waals surface area contributed by atoms with E-state index in [0.717, 1.165) is 12.0 Å². The number of amides is 1. The van der Waals surface area contributed by atoms with Crippen LogP contribution in [0.25, 0.3) is 0 Å². The van der Waals surface area contributed by atoms with E-state index in [1.807, 2.05) is 30.3 Å². The molecule has 24 heavy (non-hydrogen) atoms. The zero-order valence-electron chi connectivity index (χ0n) is 13.9. The van der Waals surface area contributed by atoms with Crippen molar-refractivity contribution in [3.05, 3.63) is 42.0 Å². The van der Waals surface area contributed by atoms with E-state index >= 15 is 0 Å². The number of hydrogen-bond donors (Lipinski definition) is 3. The Kier molecular flexibility index (Phi) is 6.43. The standard InChI is InChI=1S/C17H23N5OS/c1-11(2)8-13(12-6-4-3-5-7-12)20-16(23)10-24-17-21-14(18)9-15(19)22-17/h3-7,9,11,13H,8,10H2,1-2H3,(H,20,23)(H4,18,19,21,22)/t13-/m1/s1. The molecule has 1 heterocycles. The topological polar surface area (TPSA) is 107 Å². The summed E-state index contributed by atoms with van der Waals surface area (Å²) >= 11 is 1.22. The van der Waals surface area contributed by atoms with Crippen LogP contribution in [0.5, 0.6) is 0 Å². The predicted octanol–water partition coefficient (Wildman–Crippen LogP) is 2.64. The summed E-state index contributed by atoms with van der Waals surface area (Å²) in [5, 5.41) is 3.49. The normalized spacial score (nSPS) is 12.1. The molecule has 0 aliphatic carbocycles. The Morgan fingerprint density at radius 2 is 1.79 bits per heavy atom. The first-order valence-electron chi connectivity index (χ1n) is 7.81.